The summed E-state index contributed by atoms with van der Waals surface area (Å²) in [6, 6.07) is 7.90. The zero-order chi connectivity index (χ0) is 34.1. The van der Waals surface area contributed by atoms with Crippen molar-refractivity contribution >= 4 is 29.1 Å². The van der Waals surface area contributed by atoms with Crippen molar-refractivity contribution in [3.05, 3.63) is 74.7 Å². The van der Waals surface area contributed by atoms with E-state index in [9.17, 15) is 36.3 Å². The molecule has 3 aromatic rings. The molecule has 2 fully saturated rings. The van der Waals surface area contributed by atoms with Crippen molar-refractivity contribution in [2.45, 2.75) is 63.4 Å². The Hall–Kier alpha value is -3.88. The molecule has 2 saturated carbocycles. The molecule has 2 aliphatic carbocycles. The van der Waals surface area contributed by atoms with E-state index in [4.69, 9.17) is 21.1 Å². The monoisotopic (exact) mass is 682 g/mol. The van der Waals surface area contributed by atoms with E-state index < -0.39 is 60.6 Å². The number of amides is 1. The molecule has 2 heterocycles. The molecular weight excluding hydrogens is 651 g/mol. The third-order valence-corrected chi connectivity index (χ3v) is 8.13. The van der Waals surface area contributed by atoms with Crippen LogP contribution in [0, 0.1) is 5.92 Å². The highest BCUT2D eigenvalue weighted by atomic mass is 35.5. The van der Waals surface area contributed by atoms with Crippen molar-refractivity contribution in [2.24, 2.45) is 5.92 Å². The van der Waals surface area contributed by atoms with E-state index in [1.54, 1.807) is 13.3 Å². The standard InChI is InChI=1S/C32H32ClF5N4O5/c1-17(46-2)13-39-14-18-7-25(30(45)42(15-18)22-4-5-22)29(44)41-26-8-19(9-27(40-26)47-16-32(36,37)38)23-6-3-21(33)10-24(23)28(43)20-11-31(34,35)12-20/h3,6-10,15,17,20,22,39H,4-5,11-14,16H2,1-2H3,(H,40,41,44)/t17-/m0/s1. The Balaban J connectivity index is 1.49. The Morgan fingerprint density at radius 2 is 1.85 bits per heavy atom. The van der Waals surface area contributed by atoms with Gasteiger partial charge in [0.1, 0.15) is 11.4 Å². The third-order valence-electron chi connectivity index (χ3n) is 7.89. The number of ether oxygens (including phenoxy) is 2. The normalized spacial score (nSPS) is 16.8. The Morgan fingerprint density at radius 1 is 1.13 bits per heavy atom. The highest BCUT2D eigenvalue weighted by Crippen LogP contribution is 2.45. The molecule has 1 atom stereocenters. The van der Waals surface area contributed by atoms with Crippen LogP contribution in [-0.2, 0) is 11.3 Å². The second kappa shape index (κ2) is 13.7. The lowest BCUT2D eigenvalue weighted by molar-refractivity contribution is -0.154. The van der Waals surface area contributed by atoms with Crippen LogP contribution in [-0.4, -0.2) is 59.7 Å². The van der Waals surface area contributed by atoms with Gasteiger partial charge in [-0.1, -0.05) is 17.7 Å². The van der Waals surface area contributed by atoms with E-state index in [0.717, 1.165) is 18.9 Å². The van der Waals surface area contributed by atoms with Gasteiger partial charge in [-0.3, -0.25) is 14.4 Å². The number of carbonyl (C=O) groups excluding carboxylic acids is 2. The SMILES string of the molecule is CO[C@@H](C)CNCc1cc(C(=O)Nc2cc(-c3ccc(Cl)cc3C(=O)C3CC(F)(F)C3)cc(OCC(F)(F)F)n2)c(=O)n(C2CC2)c1. The topological polar surface area (TPSA) is 112 Å². The van der Waals surface area contributed by atoms with Gasteiger partial charge in [-0.05, 0) is 60.7 Å². The number of ketones is 1. The highest BCUT2D eigenvalue weighted by Gasteiger charge is 2.49. The molecule has 252 valence electrons. The van der Waals surface area contributed by atoms with Crippen LogP contribution < -0.4 is 20.9 Å². The van der Waals surface area contributed by atoms with Gasteiger partial charge in [-0.15, -0.1) is 0 Å². The van der Waals surface area contributed by atoms with E-state index >= 15 is 0 Å². The van der Waals surface area contributed by atoms with Crippen LogP contribution in [0.4, 0.5) is 27.8 Å². The van der Waals surface area contributed by atoms with Crippen LogP contribution in [0.15, 0.2) is 47.4 Å². The third kappa shape index (κ3) is 8.73. The van der Waals surface area contributed by atoms with Crippen LogP contribution >= 0.6 is 11.6 Å². The molecule has 1 amide bonds. The van der Waals surface area contributed by atoms with E-state index in [1.807, 2.05) is 6.92 Å². The number of benzene rings is 1. The highest BCUT2D eigenvalue weighted by molar-refractivity contribution is 6.31. The number of rotatable bonds is 13. The largest absolute Gasteiger partial charge is 0.468 e. The number of methoxy groups -OCH3 is 1. The summed E-state index contributed by atoms with van der Waals surface area (Å²) in [6.07, 6.45) is -2.88. The van der Waals surface area contributed by atoms with Gasteiger partial charge in [-0.2, -0.15) is 18.2 Å². The molecule has 0 radical (unpaired) electrons. The lowest BCUT2D eigenvalue weighted by Gasteiger charge is -2.34. The Bertz CT molecular complexity index is 1720. The van der Waals surface area contributed by atoms with Gasteiger partial charge in [0.25, 0.3) is 11.5 Å². The van der Waals surface area contributed by atoms with Crippen molar-refractivity contribution in [2.75, 3.05) is 25.6 Å². The summed E-state index contributed by atoms with van der Waals surface area (Å²) in [5.41, 5.74) is 0.101. The van der Waals surface area contributed by atoms with Gasteiger partial charge in [0.05, 0.1) is 6.10 Å². The number of nitrogens with zero attached hydrogens (tertiary/aromatic N) is 2. The first-order valence-electron chi connectivity index (χ1n) is 14.9. The lowest BCUT2D eigenvalue weighted by atomic mass is 9.75. The molecule has 1 aromatic carbocycles. The van der Waals surface area contributed by atoms with Crippen LogP contribution in [0.3, 0.4) is 0 Å². The van der Waals surface area contributed by atoms with Crippen molar-refractivity contribution in [3.63, 3.8) is 0 Å². The maximum atomic E-state index is 13.6. The number of halogens is 6. The lowest BCUT2D eigenvalue weighted by Crippen LogP contribution is -2.40. The molecule has 0 bridgehead atoms. The van der Waals surface area contributed by atoms with E-state index in [-0.39, 0.29) is 45.2 Å². The number of Topliss-reactive ketones (excluding diaryl/α,β-unsaturated/α-hetero) is 1. The maximum Gasteiger partial charge on any atom is 0.422 e. The number of aromatic nitrogens is 2. The molecule has 0 saturated heterocycles. The predicted octanol–water partition coefficient (Wildman–Crippen LogP) is 6.44. The summed E-state index contributed by atoms with van der Waals surface area (Å²) >= 11 is 6.13. The molecular formula is C32H32ClF5N4O5. The number of pyridine rings is 2. The zero-order valence-electron chi connectivity index (χ0n) is 25.4. The van der Waals surface area contributed by atoms with Crippen LogP contribution in [0.1, 0.15) is 64.9 Å². The van der Waals surface area contributed by atoms with Crippen molar-refractivity contribution in [3.8, 4) is 17.0 Å². The molecule has 2 aromatic heterocycles. The molecule has 0 unspecified atom stereocenters. The molecule has 2 N–H and O–H groups in total. The van der Waals surface area contributed by atoms with Gasteiger partial charge in [-0.25, -0.2) is 8.78 Å². The summed E-state index contributed by atoms with van der Waals surface area (Å²) < 4.78 is 77.9. The summed E-state index contributed by atoms with van der Waals surface area (Å²) in [4.78, 5) is 44.1. The summed E-state index contributed by atoms with van der Waals surface area (Å²) in [5.74, 6) is -6.24. The Morgan fingerprint density at radius 3 is 2.49 bits per heavy atom. The molecule has 0 aliphatic heterocycles. The fourth-order valence-corrected chi connectivity index (χ4v) is 5.40. The minimum absolute atomic E-state index is 0.0291. The van der Waals surface area contributed by atoms with Gasteiger partial charge in [0.15, 0.2) is 12.4 Å². The molecule has 47 heavy (non-hydrogen) atoms. The fraction of sp³-hybridized carbons (Fsp3) is 0.438. The molecule has 9 nitrogen and oxygen atoms in total. The second-order valence-electron chi connectivity index (χ2n) is 11.8. The van der Waals surface area contributed by atoms with E-state index in [0.29, 0.717) is 18.7 Å². The fourth-order valence-electron chi connectivity index (χ4n) is 5.22. The van der Waals surface area contributed by atoms with Crippen LogP contribution in [0.25, 0.3) is 11.1 Å². The Kier molecular flexibility index (Phi) is 10.0. The van der Waals surface area contributed by atoms with Crippen molar-refractivity contribution in [1.29, 1.82) is 0 Å². The van der Waals surface area contributed by atoms with E-state index in [1.165, 1.54) is 34.9 Å². The predicted molar refractivity (Wildman–Crippen MR) is 163 cm³/mol. The molecule has 0 spiro atoms. The molecule has 5 rings (SSSR count). The quantitative estimate of drug-likeness (QED) is 0.158. The summed E-state index contributed by atoms with van der Waals surface area (Å²) in [5, 5.41) is 5.82. The minimum Gasteiger partial charge on any atom is -0.468 e. The zero-order valence-corrected chi connectivity index (χ0v) is 26.2. The smallest absolute Gasteiger partial charge is 0.422 e. The first-order valence-corrected chi connectivity index (χ1v) is 15.2. The number of alkyl halides is 5. The summed E-state index contributed by atoms with van der Waals surface area (Å²) in [7, 11) is 1.58. The van der Waals surface area contributed by atoms with Gasteiger partial charge in [0, 0.05) is 67.8 Å². The van der Waals surface area contributed by atoms with Crippen LogP contribution in [0.2, 0.25) is 5.02 Å². The number of hydrogen-bond acceptors (Lipinski definition) is 7. The average Bonchev–Trinajstić information content (AvgIpc) is 3.84. The first-order chi connectivity index (χ1) is 22.1. The second-order valence-corrected chi connectivity index (χ2v) is 12.3. The molecule has 2 aliphatic rings. The number of carbonyl (C=O) groups is 2. The Labute approximate surface area is 271 Å². The van der Waals surface area contributed by atoms with Gasteiger partial charge >= 0.3 is 6.18 Å². The number of nitrogens with one attached hydrogen (secondary N) is 2. The first kappa shape index (κ1) is 34.5. The number of hydrogen-bond donors (Lipinski definition) is 2. The average molecular weight is 683 g/mol. The van der Waals surface area contributed by atoms with Crippen molar-refractivity contribution < 1.29 is 41.0 Å². The maximum absolute atomic E-state index is 13.6. The van der Waals surface area contributed by atoms with Crippen LogP contribution in [0.5, 0.6) is 5.88 Å². The van der Waals surface area contributed by atoms with E-state index in [2.05, 4.69) is 15.6 Å². The summed E-state index contributed by atoms with van der Waals surface area (Å²) in [6.45, 7) is 1.00. The molecule has 15 heteroatoms. The van der Waals surface area contributed by atoms with Gasteiger partial charge < -0.3 is 24.7 Å². The number of anilines is 1. The van der Waals surface area contributed by atoms with Gasteiger partial charge in [0.2, 0.25) is 11.8 Å². The van der Waals surface area contributed by atoms with Crippen molar-refractivity contribution in [1.82, 2.24) is 14.9 Å². The minimum atomic E-state index is -4.72.